The smallest absolute Gasteiger partial charge is 0.224 e. The summed E-state index contributed by atoms with van der Waals surface area (Å²) in [7, 11) is 0. The molecule has 0 saturated heterocycles. The van der Waals surface area contributed by atoms with Gasteiger partial charge in [0.05, 0.1) is 16.5 Å². The zero-order chi connectivity index (χ0) is 18.4. The Morgan fingerprint density at radius 2 is 1.85 bits per heavy atom. The summed E-state index contributed by atoms with van der Waals surface area (Å²) in [5.41, 5.74) is 2.05. The SMILES string of the molecule is O=C(Cc1ccc(Cl)c(Cl)c1)NCCc1nccn1Cc1ccccc1. The Bertz CT molecular complexity index is 878. The van der Waals surface area contributed by atoms with Crippen LogP contribution in [0.5, 0.6) is 0 Å². The first-order valence-electron chi connectivity index (χ1n) is 8.36. The molecule has 1 amide bonds. The molecule has 0 saturated carbocycles. The third kappa shape index (κ3) is 5.10. The van der Waals surface area contributed by atoms with Crippen LogP contribution in [0.25, 0.3) is 0 Å². The molecule has 0 bridgehead atoms. The topological polar surface area (TPSA) is 46.9 Å². The minimum absolute atomic E-state index is 0.0513. The largest absolute Gasteiger partial charge is 0.355 e. The van der Waals surface area contributed by atoms with Crippen LogP contribution in [0.4, 0.5) is 0 Å². The molecule has 0 aliphatic carbocycles. The van der Waals surface area contributed by atoms with Crippen molar-refractivity contribution in [2.45, 2.75) is 19.4 Å². The van der Waals surface area contributed by atoms with Gasteiger partial charge in [0.2, 0.25) is 5.91 Å². The van der Waals surface area contributed by atoms with Gasteiger partial charge in [0.1, 0.15) is 5.82 Å². The average molecular weight is 388 g/mol. The number of aromatic nitrogens is 2. The number of amides is 1. The van der Waals surface area contributed by atoms with Gasteiger partial charge in [0.15, 0.2) is 0 Å². The van der Waals surface area contributed by atoms with Crippen molar-refractivity contribution in [3.8, 4) is 0 Å². The van der Waals surface area contributed by atoms with Crippen molar-refractivity contribution in [2.24, 2.45) is 0 Å². The van der Waals surface area contributed by atoms with Gasteiger partial charge in [0, 0.05) is 31.9 Å². The molecular weight excluding hydrogens is 369 g/mol. The van der Waals surface area contributed by atoms with E-state index in [1.54, 1.807) is 24.4 Å². The molecule has 0 fully saturated rings. The van der Waals surface area contributed by atoms with Crippen molar-refractivity contribution < 1.29 is 4.79 Å². The summed E-state index contributed by atoms with van der Waals surface area (Å²) in [6.45, 7) is 1.30. The molecular formula is C20H19Cl2N3O. The minimum Gasteiger partial charge on any atom is -0.355 e. The molecule has 0 atom stereocenters. The van der Waals surface area contributed by atoms with Crippen LogP contribution in [-0.4, -0.2) is 22.0 Å². The monoisotopic (exact) mass is 387 g/mol. The van der Waals surface area contributed by atoms with Crippen LogP contribution in [0.2, 0.25) is 10.0 Å². The lowest BCUT2D eigenvalue weighted by Crippen LogP contribution is -2.28. The normalized spacial score (nSPS) is 10.7. The summed E-state index contributed by atoms with van der Waals surface area (Å²) in [5, 5.41) is 3.87. The Morgan fingerprint density at radius 1 is 1.04 bits per heavy atom. The summed E-state index contributed by atoms with van der Waals surface area (Å²) in [6, 6.07) is 15.4. The minimum atomic E-state index is -0.0513. The highest BCUT2D eigenvalue weighted by atomic mass is 35.5. The number of carbonyl (C=O) groups is 1. The van der Waals surface area contributed by atoms with Crippen LogP contribution >= 0.6 is 23.2 Å². The first-order valence-corrected chi connectivity index (χ1v) is 9.12. The molecule has 0 aliphatic rings. The van der Waals surface area contributed by atoms with Crippen LogP contribution in [-0.2, 0) is 24.2 Å². The molecule has 3 aromatic rings. The van der Waals surface area contributed by atoms with Gasteiger partial charge in [-0.2, -0.15) is 0 Å². The van der Waals surface area contributed by atoms with Crippen molar-refractivity contribution in [3.63, 3.8) is 0 Å². The van der Waals surface area contributed by atoms with Crippen molar-refractivity contribution in [3.05, 3.63) is 87.9 Å². The molecule has 2 aromatic carbocycles. The molecule has 1 aromatic heterocycles. The maximum atomic E-state index is 12.1. The molecule has 1 heterocycles. The van der Waals surface area contributed by atoms with Crippen LogP contribution in [0.3, 0.4) is 0 Å². The molecule has 0 unspecified atom stereocenters. The molecule has 1 N–H and O–H groups in total. The zero-order valence-corrected chi connectivity index (χ0v) is 15.7. The van der Waals surface area contributed by atoms with E-state index in [0.717, 1.165) is 17.9 Å². The number of nitrogens with one attached hydrogen (secondary N) is 1. The van der Waals surface area contributed by atoms with Gasteiger partial charge in [-0.3, -0.25) is 4.79 Å². The maximum Gasteiger partial charge on any atom is 0.224 e. The van der Waals surface area contributed by atoms with Gasteiger partial charge >= 0.3 is 0 Å². The number of nitrogens with zero attached hydrogens (tertiary/aromatic N) is 2. The van der Waals surface area contributed by atoms with Gasteiger partial charge < -0.3 is 9.88 Å². The molecule has 0 aliphatic heterocycles. The van der Waals surface area contributed by atoms with E-state index in [2.05, 4.69) is 27.0 Å². The molecule has 0 radical (unpaired) electrons. The second-order valence-corrected chi connectivity index (χ2v) is 6.80. The van der Waals surface area contributed by atoms with E-state index >= 15 is 0 Å². The van der Waals surface area contributed by atoms with Crippen molar-refractivity contribution in [1.29, 1.82) is 0 Å². The van der Waals surface area contributed by atoms with E-state index in [0.29, 0.717) is 23.0 Å². The number of hydrogen-bond donors (Lipinski definition) is 1. The van der Waals surface area contributed by atoms with Crippen molar-refractivity contribution in [1.82, 2.24) is 14.9 Å². The fourth-order valence-corrected chi connectivity index (χ4v) is 3.02. The van der Waals surface area contributed by atoms with Crippen LogP contribution in [0, 0.1) is 0 Å². The van der Waals surface area contributed by atoms with E-state index in [1.807, 2.05) is 24.4 Å². The van der Waals surface area contributed by atoms with Crippen molar-refractivity contribution >= 4 is 29.1 Å². The third-order valence-corrected chi connectivity index (χ3v) is 4.76. The number of halogens is 2. The second-order valence-electron chi connectivity index (χ2n) is 5.98. The zero-order valence-electron chi connectivity index (χ0n) is 14.2. The third-order valence-electron chi connectivity index (χ3n) is 4.02. The van der Waals surface area contributed by atoms with Crippen LogP contribution in [0.15, 0.2) is 60.9 Å². The van der Waals surface area contributed by atoms with Gasteiger partial charge in [0.25, 0.3) is 0 Å². The Kier molecular flexibility index (Phi) is 6.31. The predicted octanol–water partition coefficient (Wildman–Crippen LogP) is 4.14. The molecule has 0 spiro atoms. The highest BCUT2D eigenvalue weighted by molar-refractivity contribution is 6.42. The lowest BCUT2D eigenvalue weighted by Gasteiger charge is -2.09. The number of benzene rings is 2. The molecule has 6 heteroatoms. The van der Waals surface area contributed by atoms with Gasteiger partial charge in [-0.1, -0.05) is 59.6 Å². The van der Waals surface area contributed by atoms with Crippen LogP contribution < -0.4 is 5.32 Å². The van der Waals surface area contributed by atoms with Gasteiger partial charge in [-0.25, -0.2) is 4.98 Å². The highest BCUT2D eigenvalue weighted by Gasteiger charge is 2.07. The number of imidazole rings is 1. The second kappa shape index (κ2) is 8.88. The van der Waals surface area contributed by atoms with Crippen molar-refractivity contribution in [2.75, 3.05) is 6.54 Å². The summed E-state index contributed by atoms with van der Waals surface area (Å²) in [6.07, 6.45) is 4.69. The van der Waals surface area contributed by atoms with E-state index < -0.39 is 0 Å². The molecule has 134 valence electrons. The quantitative estimate of drug-likeness (QED) is 0.661. The lowest BCUT2D eigenvalue weighted by atomic mass is 10.1. The highest BCUT2D eigenvalue weighted by Crippen LogP contribution is 2.22. The predicted molar refractivity (Wildman–Crippen MR) is 105 cm³/mol. The Hall–Kier alpha value is -2.30. The molecule has 26 heavy (non-hydrogen) atoms. The number of carbonyl (C=O) groups excluding carboxylic acids is 1. The number of hydrogen-bond acceptors (Lipinski definition) is 2. The van der Waals surface area contributed by atoms with Crippen LogP contribution in [0.1, 0.15) is 17.0 Å². The maximum absolute atomic E-state index is 12.1. The van der Waals surface area contributed by atoms with E-state index in [1.165, 1.54) is 5.56 Å². The Balaban J connectivity index is 1.50. The summed E-state index contributed by atoms with van der Waals surface area (Å²) in [4.78, 5) is 16.5. The lowest BCUT2D eigenvalue weighted by molar-refractivity contribution is -0.120. The summed E-state index contributed by atoms with van der Waals surface area (Å²) < 4.78 is 2.10. The Labute approximate surface area is 162 Å². The molecule has 3 rings (SSSR count). The van der Waals surface area contributed by atoms with Gasteiger partial charge in [-0.05, 0) is 23.3 Å². The summed E-state index contributed by atoms with van der Waals surface area (Å²) in [5.74, 6) is 0.897. The fourth-order valence-electron chi connectivity index (χ4n) is 2.70. The standard InChI is InChI=1S/C20H19Cl2N3O/c21-17-7-6-16(12-18(17)22)13-20(26)24-9-8-19-23-10-11-25(19)14-15-4-2-1-3-5-15/h1-7,10-12H,8-9,13-14H2,(H,24,26). The fraction of sp³-hybridized carbons (Fsp3) is 0.200. The summed E-state index contributed by atoms with van der Waals surface area (Å²) >= 11 is 11.9. The first kappa shape index (κ1) is 18.5. The van der Waals surface area contributed by atoms with E-state index in [4.69, 9.17) is 23.2 Å². The van der Waals surface area contributed by atoms with E-state index in [-0.39, 0.29) is 12.3 Å². The Morgan fingerprint density at radius 3 is 2.62 bits per heavy atom. The van der Waals surface area contributed by atoms with E-state index in [9.17, 15) is 4.79 Å². The number of rotatable bonds is 7. The molecule has 4 nitrogen and oxygen atoms in total. The van der Waals surface area contributed by atoms with Gasteiger partial charge in [-0.15, -0.1) is 0 Å². The first-order chi connectivity index (χ1) is 12.6. The average Bonchev–Trinajstić information content (AvgIpc) is 3.06.